The van der Waals surface area contributed by atoms with Crippen LogP contribution in [0.25, 0.3) is 0 Å². The summed E-state index contributed by atoms with van der Waals surface area (Å²) in [6.45, 7) is 0.489. The maximum absolute atomic E-state index is 11.7. The molecule has 0 aromatic heterocycles. The standard InChI is InChI=1S/C20H23NO5/c1-24-16-9-7-15(8-10-16)21-17-11-19(23)26-20(17)18(22)13-25-12-14-5-3-2-4-6-14/h2-10,17-18,20-22H,11-13H2,1H3/t17-,18+,20+/m1/s1. The van der Waals surface area contributed by atoms with Gasteiger partial charge >= 0.3 is 5.97 Å². The Labute approximate surface area is 152 Å². The number of methoxy groups -OCH3 is 1. The Morgan fingerprint density at radius 2 is 1.92 bits per heavy atom. The molecule has 138 valence electrons. The highest BCUT2D eigenvalue weighted by Crippen LogP contribution is 2.24. The zero-order valence-electron chi connectivity index (χ0n) is 14.6. The molecule has 6 nitrogen and oxygen atoms in total. The highest BCUT2D eigenvalue weighted by atomic mass is 16.6. The number of carbonyl (C=O) groups is 1. The van der Waals surface area contributed by atoms with Crippen molar-refractivity contribution in [1.29, 1.82) is 0 Å². The lowest BCUT2D eigenvalue weighted by atomic mass is 10.0. The molecule has 0 saturated carbocycles. The molecule has 2 aromatic carbocycles. The number of carbonyl (C=O) groups excluding carboxylic acids is 1. The van der Waals surface area contributed by atoms with Crippen LogP contribution in [0, 0.1) is 0 Å². The number of hydrogen-bond donors (Lipinski definition) is 2. The first kappa shape index (κ1) is 18.2. The van der Waals surface area contributed by atoms with Crippen molar-refractivity contribution < 1.29 is 24.1 Å². The fourth-order valence-corrected chi connectivity index (χ4v) is 2.93. The number of aliphatic hydroxyl groups excluding tert-OH is 1. The van der Waals surface area contributed by atoms with Gasteiger partial charge in [0.15, 0.2) is 6.10 Å². The van der Waals surface area contributed by atoms with Crippen LogP contribution in [0.2, 0.25) is 0 Å². The Morgan fingerprint density at radius 3 is 2.62 bits per heavy atom. The fraction of sp³-hybridized carbons (Fsp3) is 0.350. The van der Waals surface area contributed by atoms with Crippen molar-refractivity contribution in [2.24, 2.45) is 0 Å². The van der Waals surface area contributed by atoms with E-state index in [4.69, 9.17) is 14.2 Å². The van der Waals surface area contributed by atoms with Crippen molar-refractivity contribution in [2.45, 2.75) is 31.3 Å². The molecule has 0 amide bonds. The fourth-order valence-electron chi connectivity index (χ4n) is 2.93. The molecule has 3 rings (SSSR count). The lowest BCUT2D eigenvalue weighted by molar-refractivity contribution is -0.147. The van der Waals surface area contributed by atoms with Crippen LogP contribution in [0.4, 0.5) is 5.69 Å². The number of rotatable bonds is 8. The van der Waals surface area contributed by atoms with Crippen LogP contribution in [0.15, 0.2) is 54.6 Å². The van der Waals surface area contributed by atoms with Crippen LogP contribution >= 0.6 is 0 Å². The first-order valence-electron chi connectivity index (χ1n) is 8.55. The van der Waals surface area contributed by atoms with Crippen molar-refractivity contribution >= 4 is 11.7 Å². The third kappa shape index (κ3) is 4.74. The summed E-state index contributed by atoms with van der Waals surface area (Å²) in [6.07, 6.45) is -1.35. The van der Waals surface area contributed by atoms with Gasteiger partial charge in [-0.05, 0) is 29.8 Å². The molecular weight excluding hydrogens is 334 g/mol. The maximum atomic E-state index is 11.7. The first-order valence-corrected chi connectivity index (χ1v) is 8.55. The molecule has 2 aromatic rings. The summed E-state index contributed by atoms with van der Waals surface area (Å²) in [7, 11) is 1.60. The summed E-state index contributed by atoms with van der Waals surface area (Å²) < 4.78 is 16.0. The Hall–Kier alpha value is -2.57. The Bertz CT molecular complexity index is 704. The van der Waals surface area contributed by atoms with Gasteiger partial charge in [-0.3, -0.25) is 4.79 Å². The third-order valence-corrected chi connectivity index (χ3v) is 4.27. The lowest BCUT2D eigenvalue weighted by Crippen LogP contribution is -2.41. The van der Waals surface area contributed by atoms with Crippen molar-refractivity contribution in [3.05, 3.63) is 60.2 Å². The van der Waals surface area contributed by atoms with E-state index in [1.807, 2.05) is 54.6 Å². The van der Waals surface area contributed by atoms with E-state index in [-0.39, 0.29) is 25.0 Å². The lowest BCUT2D eigenvalue weighted by Gasteiger charge is -2.24. The van der Waals surface area contributed by atoms with Gasteiger partial charge in [0, 0.05) is 5.69 Å². The molecule has 0 aliphatic carbocycles. The number of cyclic esters (lactones) is 1. The molecule has 26 heavy (non-hydrogen) atoms. The van der Waals surface area contributed by atoms with Crippen molar-refractivity contribution in [2.75, 3.05) is 19.0 Å². The van der Waals surface area contributed by atoms with Crippen LogP contribution in [0.5, 0.6) is 5.75 Å². The second kappa shape index (κ2) is 8.69. The molecule has 1 aliphatic rings. The SMILES string of the molecule is COc1ccc(N[C@@H]2CC(=O)O[C@@H]2[C@@H](O)COCc2ccccc2)cc1. The summed E-state index contributed by atoms with van der Waals surface area (Å²) >= 11 is 0. The van der Waals surface area contributed by atoms with E-state index < -0.39 is 12.2 Å². The number of aliphatic hydroxyl groups is 1. The van der Waals surface area contributed by atoms with Crippen LogP contribution in [0.3, 0.4) is 0 Å². The maximum Gasteiger partial charge on any atom is 0.308 e. The molecule has 0 radical (unpaired) electrons. The van der Waals surface area contributed by atoms with Gasteiger partial charge in [-0.15, -0.1) is 0 Å². The van der Waals surface area contributed by atoms with Gasteiger partial charge in [-0.25, -0.2) is 0 Å². The minimum atomic E-state index is -0.902. The zero-order chi connectivity index (χ0) is 18.4. The quantitative estimate of drug-likeness (QED) is 0.707. The normalized spacial score (nSPS) is 20.5. The molecule has 0 unspecified atom stereocenters. The van der Waals surface area contributed by atoms with E-state index in [1.54, 1.807) is 7.11 Å². The molecule has 1 heterocycles. The Balaban J connectivity index is 1.54. The third-order valence-electron chi connectivity index (χ3n) is 4.27. The molecule has 2 N–H and O–H groups in total. The average Bonchev–Trinajstić information content (AvgIpc) is 3.03. The van der Waals surface area contributed by atoms with Crippen molar-refractivity contribution in [3.8, 4) is 5.75 Å². The van der Waals surface area contributed by atoms with Crippen LogP contribution in [0.1, 0.15) is 12.0 Å². The first-order chi connectivity index (χ1) is 12.7. The predicted octanol–water partition coefficient (Wildman–Crippen LogP) is 2.37. The molecule has 0 spiro atoms. The highest BCUT2D eigenvalue weighted by molar-refractivity contribution is 5.74. The Kier molecular flexibility index (Phi) is 6.09. The summed E-state index contributed by atoms with van der Waals surface area (Å²) in [5, 5.41) is 13.7. The minimum Gasteiger partial charge on any atom is -0.497 e. The van der Waals surface area contributed by atoms with Gasteiger partial charge in [0.05, 0.1) is 32.8 Å². The van der Waals surface area contributed by atoms with E-state index in [9.17, 15) is 9.90 Å². The van der Waals surface area contributed by atoms with Crippen LogP contribution in [-0.4, -0.2) is 43.0 Å². The molecule has 0 bridgehead atoms. The average molecular weight is 357 g/mol. The number of ether oxygens (including phenoxy) is 3. The summed E-state index contributed by atoms with van der Waals surface area (Å²) in [4.78, 5) is 11.7. The van der Waals surface area contributed by atoms with E-state index in [0.717, 1.165) is 17.0 Å². The van der Waals surface area contributed by atoms with Gasteiger partial charge in [0.2, 0.25) is 0 Å². The number of hydrogen-bond acceptors (Lipinski definition) is 6. The second-order valence-electron chi connectivity index (χ2n) is 6.21. The van der Waals surface area contributed by atoms with E-state index in [0.29, 0.717) is 6.61 Å². The monoisotopic (exact) mass is 357 g/mol. The van der Waals surface area contributed by atoms with Crippen LogP contribution < -0.4 is 10.1 Å². The van der Waals surface area contributed by atoms with Gasteiger partial charge in [0.1, 0.15) is 11.9 Å². The summed E-state index contributed by atoms with van der Waals surface area (Å²) in [6, 6.07) is 16.8. The second-order valence-corrected chi connectivity index (χ2v) is 6.21. The van der Waals surface area contributed by atoms with Gasteiger partial charge in [-0.2, -0.15) is 0 Å². The molecule has 1 saturated heterocycles. The molecule has 3 atom stereocenters. The Morgan fingerprint density at radius 1 is 1.19 bits per heavy atom. The highest BCUT2D eigenvalue weighted by Gasteiger charge is 2.39. The van der Waals surface area contributed by atoms with E-state index in [1.165, 1.54) is 0 Å². The van der Waals surface area contributed by atoms with Crippen molar-refractivity contribution in [1.82, 2.24) is 0 Å². The molecular formula is C20H23NO5. The van der Waals surface area contributed by atoms with Crippen molar-refractivity contribution in [3.63, 3.8) is 0 Å². The molecule has 1 fully saturated rings. The number of anilines is 1. The molecule has 1 aliphatic heterocycles. The molecule has 6 heteroatoms. The number of esters is 1. The van der Waals surface area contributed by atoms with Crippen LogP contribution in [-0.2, 0) is 20.9 Å². The van der Waals surface area contributed by atoms with Gasteiger partial charge < -0.3 is 24.6 Å². The summed E-state index contributed by atoms with van der Waals surface area (Å²) in [5.74, 6) is 0.420. The zero-order valence-corrected chi connectivity index (χ0v) is 14.6. The largest absolute Gasteiger partial charge is 0.497 e. The van der Waals surface area contributed by atoms with E-state index >= 15 is 0 Å². The van der Waals surface area contributed by atoms with E-state index in [2.05, 4.69) is 5.32 Å². The summed E-state index contributed by atoms with van der Waals surface area (Å²) in [5.41, 5.74) is 1.85. The smallest absolute Gasteiger partial charge is 0.308 e. The number of nitrogens with one attached hydrogen (secondary N) is 1. The topological polar surface area (TPSA) is 77.0 Å². The number of benzene rings is 2. The predicted molar refractivity (Wildman–Crippen MR) is 97.0 cm³/mol. The van der Waals surface area contributed by atoms with Gasteiger partial charge in [0.25, 0.3) is 0 Å². The minimum absolute atomic E-state index is 0.0909. The van der Waals surface area contributed by atoms with Gasteiger partial charge in [-0.1, -0.05) is 30.3 Å².